The number of carbonyl (C=O) groups excluding carboxylic acids is 1. The number of aromatic nitrogens is 1. The second kappa shape index (κ2) is 9.56. The molecular formula is C26H29N3O5S. The highest BCUT2D eigenvalue weighted by molar-refractivity contribution is 7.89. The number of benzene rings is 2. The van der Waals surface area contributed by atoms with Crippen LogP contribution in [-0.4, -0.2) is 57.0 Å². The van der Waals surface area contributed by atoms with Crippen LogP contribution in [0.15, 0.2) is 41.3 Å². The Morgan fingerprint density at radius 3 is 2.63 bits per heavy atom. The molecule has 1 aromatic heterocycles. The summed E-state index contributed by atoms with van der Waals surface area (Å²) >= 11 is 0. The molecule has 1 fully saturated rings. The van der Waals surface area contributed by atoms with Crippen LogP contribution in [0.1, 0.15) is 40.0 Å². The van der Waals surface area contributed by atoms with Gasteiger partial charge in [-0.05, 0) is 68.5 Å². The number of amides is 1. The molecule has 9 heteroatoms. The Kier molecular flexibility index (Phi) is 6.48. The minimum Gasteiger partial charge on any atom is -0.495 e. The molecule has 0 atom stereocenters. The van der Waals surface area contributed by atoms with Gasteiger partial charge in [0.25, 0.3) is 5.91 Å². The van der Waals surface area contributed by atoms with Gasteiger partial charge in [0.1, 0.15) is 10.6 Å². The minimum absolute atomic E-state index is 0.0251. The molecule has 0 radical (unpaired) electrons. The zero-order chi connectivity index (χ0) is 24.6. The van der Waals surface area contributed by atoms with Crippen LogP contribution in [0.4, 0.5) is 5.69 Å². The second-order valence-corrected chi connectivity index (χ2v) is 10.9. The largest absolute Gasteiger partial charge is 0.495 e. The Hall–Kier alpha value is -3.01. The SMILES string of the molecule is COc1ccc(NC(=O)c2c3c(nc4ccc(C)cc24)CCCC3)cc1S(=O)(=O)N1CCOCC1. The quantitative estimate of drug-likeness (QED) is 0.580. The molecule has 2 aromatic carbocycles. The number of carbonyl (C=O) groups is 1. The first-order valence-electron chi connectivity index (χ1n) is 11.9. The lowest BCUT2D eigenvalue weighted by Crippen LogP contribution is -2.40. The lowest BCUT2D eigenvalue weighted by molar-refractivity contribution is 0.0729. The van der Waals surface area contributed by atoms with Crippen molar-refractivity contribution in [1.82, 2.24) is 9.29 Å². The summed E-state index contributed by atoms with van der Waals surface area (Å²) in [6.45, 7) is 3.23. The van der Waals surface area contributed by atoms with E-state index in [0.717, 1.165) is 53.4 Å². The molecule has 184 valence electrons. The Morgan fingerprint density at radius 1 is 1.09 bits per heavy atom. The highest BCUT2D eigenvalue weighted by Crippen LogP contribution is 2.33. The fourth-order valence-electron chi connectivity index (χ4n) is 4.87. The number of ether oxygens (including phenoxy) is 2. The van der Waals surface area contributed by atoms with Crippen LogP contribution in [0.2, 0.25) is 0 Å². The van der Waals surface area contributed by atoms with Crippen molar-refractivity contribution < 1.29 is 22.7 Å². The maximum absolute atomic E-state index is 13.7. The van der Waals surface area contributed by atoms with E-state index in [-0.39, 0.29) is 29.6 Å². The summed E-state index contributed by atoms with van der Waals surface area (Å²) < 4.78 is 38.7. The van der Waals surface area contributed by atoms with Crippen LogP contribution >= 0.6 is 0 Å². The third-order valence-electron chi connectivity index (χ3n) is 6.65. The van der Waals surface area contributed by atoms with Gasteiger partial charge in [0.05, 0.1) is 31.4 Å². The molecular weight excluding hydrogens is 466 g/mol. The predicted molar refractivity (Wildman–Crippen MR) is 134 cm³/mol. The predicted octanol–water partition coefficient (Wildman–Crippen LogP) is 3.70. The van der Waals surface area contributed by atoms with Gasteiger partial charge in [0.2, 0.25) is 10.0 Å². The monoisotopic (exact) mass is 495 g/mol. The van der Waals surface area contributed by atoms with Gasteiger partial charge < -0.3 is 14.8 Å². The van der Waals surface area contributed by atoms with Gasteiger partial charge in [0.15, 0.2) is 0 Å². The van der Waals surface area contributed by atoms with Crippen LogP contribution in [-0.2, 0) is 27.6 Å². The van der Waals surface area contributed by atoms with E-state index in [2.05, 4.69) is 5.32 Å². The first kappa shape index (κ1) is 23.7. The van der Waals surface area contributed by atoms with Crippen molar-refractivity contribution in [1.29, 1.82) is 0 Å². The van der Waals surface area contributed by atoms with E-state index >= 15 is 0 Å². The number of anilines is 1. The van der Waals surface area contributed by atoms with Crippen LogP contribution in [0.3, 0.4) is 0 Å². The van der Waals surface area contributed by atoms with Crippen LogP contribution in [0, 0.1) is 6.92 Å². The van der Waals surface area contributed by atoms with Crippen LogP contribution in [0.5, 0.6) is 5.75 Å². The number of fused-ring (bicyclic) bond motifs is 2. The Labute approximate surface area is 205 Å². The summed E-state index contributed by atoms with van der Waals surface area (Å²) in [5.74, 6) is -0.0297. The van der Waals surface area contributed by atoms with E-state index in [1.165, 1.54) is 17.5 Å². The smallest absolute Gasteiger partial charge is 0.256 e. The van der Waals surface area contributed by atoms with Gasteiger partial charge in [-0.1, -0.05) is 11.6 Å². The highest BCUT2D eigenvalue weighted by Gasteiger charge is 2.30. The molecule has 1 N–H and O–H groups in total. The second-order valence-electron chi connectivity index (χ2n) is 8.98. The van der Waals surface area contributed by atoms with Crippen LogP contribution < -0.4 is 10.1 Å². The number of pyridine rings is 1. The number of morpholine rings is 1. The summed E-state index contributed by atoms with van der Waals surface area (Å²) in [6, 6.07) is 10.7. The zero-order valence-corrected chi connectivity index (χ0v) is 20.8. The van der Waals surface area contributed by atoms with Gasteiger partial charge in [-0.15, -0.1) is 0 Å². The molecule has 5 rings (SSSR count). The molecule has 0 saturated carbocycles. The topological polar surface area (TPSA) is 97.8 Å². The first-order chi connectivity index (χ1) is 16.9. The fraction of sp³-hybridized carbons (Fsp3) is 0.385. The number of aryl methyl sites for hydroxylation is 2. The molecule has 0 unspecified atom stereocenters. The third kappa shape index (κ3) is 4.51. The molecule has 35 heavy (non-hydrogen) atoms. The standard InChI is InChI=1S/C26H29N3O5S/c1-17-7-9-22-20(15-17)25(19-5-3-4-6-21(19)28-22)26(30)27-18-8-10-23(33-2)24(16-18)35(31,32)29-11-13-34-14-12-29/h7-10,15-16H,3-6,11-14H2,1-2H3,(H,27,30). The molecule has 3 aromatic rings. The summed E-state index contributed by atoms with van der Waals surface area (Å²) in [5, 5.41) is 3.77. The van der Waals surface area contributed by atoms with Gasteiger partial charge in [0, 0.05) is 29.9 Å². The van der Waals surface area contributed by atoms with Crippen molar-refractivity contribution in [3.05, 3.63) is 58.8 Å². The summed E-state index contributed by atoms with van der Waals surface area (Å²) in [4.78, 5) is 18.5. The van der Waals surface area contributed by atoms with Gasteiger partial charge in [-0.2, -0.15) is 4.31 Å². The zero-order valence-electron chi connectivity index (χ0n) is 20.0. The summed E-state index contributed by atoms with van der Waals surface area (Å²) in [7, 11) is -2.38. The lowest BCUT2D eigenvalue weighted by Gasteiger charge is -2.27. The molecule has 1 aliphatic heterocycles. The van der Waals surface area contributed by atoms with Crippen molar-refractivity contribution in [2.45, 2.75) is 37.5 Å². The highest BCUT2D eigenvalue weighted by atomic mass is 32.2. The lowest BCUT2D eigenvalue weighted by atomic mass is 9.89. The average molecular weight is 496 g/mol. The maximum atomic E-state index is 13.7. The summed E-state index contributed by atoms with van der Waals surface area (Å²) in [5.41, 5.74) is 4.83. The minimum atomic E-state index is -3.82. The number of methoxy groups -OCH3 is 1. The maximum Gasteiger partial charge on any atom is 0.256 e. The Balaban J connectivity index is 1.55. The van der Waals surface area contributed by atoms with Crippen molar-refractivity contribution in [3.63, 3.8) is 0 Å². The molecule has 8 nitrogen and oxygen atoms in total. The number of rotatable bonds is 5. The number of sulfonamides is 1. The molecule has 2 aliphatic rings. The molecule has 1 aliphatic carbocycles. The molecule has 0 bridgehead atoms. The average Bonchev–Trinajstić information content (AvgIpc) is 2.87. The van der Waals surface area contributed by atoms with Crippen LogP contribution in [0.25, 0.3) is 10.9 Å². The molecule has 0 spiro atoms. The third-order valence-corrected chi connectivity index (χ3v) is 8.57. The number of hydrogen-bond acceptors (Lipinski definition) is 6. The molecule has 1 amide bonds. The Morgan fingerprint density at radius 2 is 1.86 bits per heavy atom. The summed E-state index contributed by atoms with van der Waals surface area (Å²) in [6.07, 6.45) is 3.72. The van der Waals surface area contributed by atoms with Gasteiger partial charge in [-0.25, -0.2) is 8.42 Å². The number of nitrogens with one attached hydrogen (secondary N) is 1. The van der Waals surface area contributed by atoms with Crippen molar-refractivity contribution in [2.24, 2.45) is 0 Å². The van der Waals surface area contributed by atoms with Crippen molar-refractivity contribution >= 4 is 32.5 Å². The number of hydrogen-bond donors (Lipinski definition) is 1. The Bertz CT molecular complexity index is 1400. The normalized spacial score (nSPS) is 16.6. The van der Waals surface area contributed by atoms with E-state index in [1.807, 2.05) is 25.1 Å². The van der Waals surface area contributed by atoms with E-state index in [1.54, 1.807) is 12.1 Å². The number of nitrogens with zero attached hydrogens (tertiary/aromatic N) is 2. The van der Waals surface area contributed by atoms with E-state index in [9.17, 15) is 13.2 Å². The molecule has 1 saturated heterocycles. The van der Waals surface area contributed by atoms with Crippen molar-refractivity contribution in [3.8, 4) is 5.75 Å². The van der Waals surface area contributed by atoms with E-state index in [4.69, 9.17) is 14.5 Å². The van der Waals surface area contributed by atoms with Gasteiger partial charge in [-0.3, -0.25) is 9.78 Å². The van der Waals surface area contributed by atoms with Crippen molar-refractivity contribution in [2.75, 3.05) is 38.7 Å². The van der Waals surface area contributed by atoms with E-state index < -0.39 is 10.0 Å². The fourth-order valence-corrected chi connectivity index (χ4v) is 6.46. The molecule has 2 heterocycles. The van der Waals surface area contributed by atoms with E-state index in [0.29, 0.717) is 24.5 Å². The first-order valence-corrected chi connectivity index (χ1v) is 13.3. The van der Waals surface area contributed by atoms with Gasteiger partial charge >= 0.3 is 0 Å².